The summed E-state index contributed by atoms with van der Waals surface area (Å²) in [6, 6.07) is 0. The van der Waals surface area contributed by atoms with Crippen LogP contribution in [0.3, 0.4) is 0 Å². The molecule has 4 rings (SSSR count). The van der Waals surface area contributed by atoms with Gasteiger partial charge in [0.05, 0.1) is 17.8 Å². The molecule has 0 aromatic carbocycles. The molecular formula is C31H54O3. The first-order valence-electron chi connectivity index (χ1n) is 14.2. The van der Waals surface area contributed by atoms with Crippen molar-refractivity contribution in [2.24, 2.45) is 45.3 Å². The van der Waals surface area contributed by atoms with Crippen LogP contribution in [-0.2, 0) is 4.74 Å². The maximum absolute atomic E-state index is 11.9. The van der Waals surface area contributed by atoms with Gasteiger partial charge in [-0.05, 0) is 124 Å². The van der Waals surface area contributed by atoms with E-state index in [1.165, 1.54) is 24.8 Å². The van der Waals surface area contributed by atoms with Crippen molar-refractivity contribution in [2.45, 2.75) is 131 Å². The fraction of sp³-hybridized carbons (Fsp3) is 0.935. The fourth-order valence-corrected chi connectivity index (χ4v) is 10.5. The molecule has 4 aliphatic carbocycles. The smallest absolute Gasteiger partial charge is 0.0685 e. The lowest BCUT2D eigenvalue weighted by molar-refractivity contribution is -0.247. The van der Waals surface area contributed by atoms with Gasteiger partial charge in [0.15, 0.2) is 0 Å². The largest absolute Gasteiger partial charge is 0.393 e. The van der Waals surface area contributed by atoms with Crippen molar-refractivity contribution < 1.29 is 14.9 Å². The monoisotopic (exact) mass is 474 g/mol. The van der Waals surface area contributed by atoms with Crippen LogP contribution in [0.1, 0.15) is 113 Å². The summed E-state index contributed by atoms with van der Waals surface area (Å²) >= 11 is 0. The van der Waals surface area contributed by atoms with Crippen LogP contribution in [0.2, 0.25) is 0 Å². The third-order valence-electron chi connectivity index (χ3n) is 12.8. The molecule has 0 aromatic heterocycles. The zero-order valence-electron chi connectivity index (χ0n) is 23.7. The van der Waals surface area contributed by atoms with Crippen LogP contribution in [0.15, 0.2) is 11.6 Å². The van der Waals surface area contributed by atoms with Gasteiger partial charge in [0, 0.05) is 7.11 Å². The normalized spacial score (nSPS) is 49.4. The summed E-state index contributed by atoms with van der Waals surface area (Å²) in [5, 5.41) is 22.8. The molecule has 0 bridgehead atoms. The topological polar surface area (TPSA) is 49.7 Å². The van der Waals surface area contributed by atoms with Gasteiger partial charge >= 0.3 is 0 Å². The Morgan fingerprint density at radius 2 is 1.59 bits per heavy atom. The predicted octanol–water partition coefficient (Wildman–Crippen LogP) is 7.15. The Kier molecular flexibility index (Phi) is 6.74. The summed E-state index contributed by atoms with van der Waals surface area (Å²) in [6.45, 7) is 18.9. The van der Waals surface area contributed by atoms with E-state index in [9.17, 15) is 10.2 Å². The molecule has 4 aliphatic rings. The molecular weight excluding hydrogens is 420 g/mol. The van der Waals surface area contributed by atoms with Gasteiger partial charge in [0.25, 0.3) is 0 Å². The van der Waals surface area contributed by atoms with Gasteiger partial charge in [0.1, 0.15) is 0 Å². The highest BCUT2D eigenvalue weighted by atomic mass is 16.5. The number of allylic oxidation sites excluding steroid dienone is 2. The Hall–Kier alpha value is -0.380. The fourth-order valence-electron chi connectivity index (χ4n) is 10.5. The van der Waals surface area contributed by atoms with Gasteiger partial charge in [-0.2, -0.15) is 0 Å². The van der Waals surface area contributed by atoms with Gasteiger partial charge in [-0.25, -0.2) is 0 Å². The third-order valence-corrected chi connectivity index (χ3v) is 12.8. The van der Waals surface area contributed by atoms with Gasteiger partial charge in [-0.3, -0.25) is 0 Å². The van der Waals surface area contributed by atoms with Crippen LogP contribution in [0.4, 0.5) is 0 Å². The maximum atomic E-state index is 11.9. The summed E-state index contributed by atoms with van der Waals surface area (Å²) in [6.07, 6.45) is 11.6. The van der Waals surface area contributed by atoms with Crippen LogP contribution in [0, 0.1) is 45.3 Å². The van der Waals surface area contributed by atoms with E-state index in [0.29, 0.717) is 23.7 Å². The minimum Gasteiger partial charge on any atom is -0.393 e. The highest BCUT2D eigenvalue weighted by Gasteiger charge is 2.71. The lowest BCUT2D eigenvalue weighted by Crippen LogP contribution is -2.66. The molecule has 0 aromatic rings. The summed E-state index contributed by atoms with van der Waals surface area (Å²) in [5.41, 5.74) is 1.67. The summed E-state index contributed by atoms with van der Waals surface area (Å²) < 4.78 is 6.29. The van der Waals surface area contributed by atoms with E-state index >= 15 is 0 Å². The standard InChI is InChI=1S/C31H54O3/c1-20(2)11-10-15-31(8,34-9)21-12-17-30(7)26(21)22(32)19-24-28(5)16-14-25(33)27(3,4)23(28)13-18-29(24,30)6/h11,21-26,32-33H,10,12-19H2,1-9H3/t21?,22-,23?,24?,25+,26+,28+,29-,30-,31?/m1/s1. The van der Waals surface area contributed by atoms with Crippen molar-refractivity contribution in [3.05, 3.63) is 11.6 Å². The minimum absolute atomic E-state index is 0.0468. The second-order valence-electron chi connectivity index (χ2n) is 14.7. The predicted molar refractivity (Wildman–Crippen MR) is 140 cm³/mol. The first-order valence-corrected chi connectivity index (χ1v) is 14.2. The highest BCUT2D eigenvalue weighted by Crippen LogP contribution is 2.75. The Balaban J connectivity index is 1.68. The van der Waals surface area contributed by atoms with E-state index in [1.807, 2.05) is 7.11 Å². The van der Waals surface area contributed by atoms with Crippen LogP contribution >= 0.6 is 0 Å². The zero-order chi connectivity index (χ0) is 25.3. The molecule has 4 fully saturated rings. The van der Waals surface area contributed by atoms with E-state index in [2.05, 4.69) is 61.5 Å². The van der Waals surface area contributed by atoms with E-state index in [1.54, 1.807) is 0 Å². The lowest BCUT2D eigenvalue weighted by atomic mass is 9.35. The highest BCUT2D eigenvalue weighted by molar-refractivity contribution is 5.20. The Bertz CT molecular complexity index is 798. The maximum Gasteiger partial charge on any atom is 0.0685 e. The van der Waals surface area contributed by atoms with E-state index < -0.39 is 0 Å². The number of aliphatic hydroxyl groups is 2. The molecule has 3 nitrogen and oxygen atoms in total. The molecule has 0 spiro atoms. The van der Waals surface area contributed by atoms with Gasteiger partial charge < -0.3 is 14.9 Å². The molecule has 4 saturated carbocycles. The average molecular weight is 475 g/mol. The molecule has 0 heterocycles. The summed E-state index contributed by atoms with van der Waals surface area (Å²) in [5.74, 6) is 1.74. The van der Waals surface area contributed by atoms with Crippen molar-refractivity contribution in [1.29, 1.82) is 0 Å². The summed E-state index contributed by atoms with van der Waals surface area (Å²) in [7, 11) is 1.89. The molecule has 2 N–H and O–H groups in total. The number of ether oxygens (including phenoxy) is 1. The SMILES string of the molecule is COC(C)(CCC=C(C)C)C1CC[C@]2(C)[C@@H]1[C@H](O)CC1[C@@]3(C)CC[C@H](O)C(C)(C)C3CC[C@]12C. The third kappa shape index (κ3) is 3.61. The average Bonchev–Trinajstić information content (AvgIpc) is 3.13. The first kappa shape index (κ1) is 26.7. The molecule has 3 heteroatoms. The van der Waals surface area contributed by atoms with Crippen molar-refractivity contribution in [1.82, 2.24) is 0 Å². The Labute approximate surface area is 210 Å². The van der Waals surface area contributed by atoms with Crippen LogP contribution in [-0.4, -0.2) is 35.1 Å². The van der Waals surface area contributed by atoms with Crippen LogP contribution in [0.25, 0.3) is 0 Å². The quantitative estimate of drug-likeness (QED) is 0.416. The van der Waals surface area contributed by atoms with Crippen molar-refractivity contribution in [3.8, 4) is 0 Å². The molecule has 4 unspecified atom stereocenters. The second kappa shape index (κ2) is 8.59. The number of hydrogen-bond acceptors (Lipinski definition) is 3. The van der Waals surface area contributed by atoms with Gasteiger partial charge in [-0.1, -0.05) is 46.3 Å². The van der Waals surface area contributed by atoms with E-state index in [0.717, 1.165) is 38.5 Å². The molecule has 0 amide bonds. The van der Waals surface area contributed by atoms with E-state index in [-0.39, 0.29) is 39.5 Å². The van der Waals surface area contributed by atoms with Crippen molar-refractivity contribution in [3.63, 3.8) is 0 Å². The molecule has 0 saturated heterocycles. The van der Waals surface area contributed by atoms with Crippen LogP contribution in [0.5, 0.6) is 0 Å². The molecule has 0 radical (unpaired) electrons. The summed E-state index contributed by atoms with van der Waals surface area (Å²) in [4.78, 5) is 0. The number of rotatable bonds is 5. The molecule has 0 aliphatic heterocycles. The molecule has 196 valence electrons. The van der Waals surface area contributed by atoms with Gasteiger partial charge in [0.2, 0.25) is 0 Å². The lowest BCUT2D eigenvalue weighted by Gasteiger charge is -2.70. The molecule has 34 heavy (non-hydrogen) atoms. The minimum atomic E-state index is -0.265. The van der Waals surface area contributed by atoms with Crippen LogP contribution < -0.4 is 0 Å². The van der Waals surface area contributed by atoms with Gasteiger partial charge in [-0.15, -0.1) is 0 Å². The Morgan fingerprint density at radius 3 is 2.21 bits per heavy atom. The second-order valence-corrected chi connectivity index (χ2v) is 14.7. The van der Waals surface area contributed by atoms with Crippen molar-refractivity contribution in [2.75, 3.05) is 7.11 Å². The first-order chi connectivity index (χ1) is 15.7. The number of methoxy groups -OCH3 is 1. The number of aliphatic hydroxyl groups excluding tert-OH is 2. The van der Waals surface area contributed by atoms with Crippen molar-refractivity contribution >= 4 is 0 Å². The molecule has 10 atom stereocenters. The zero-order valence-corrected chi connectivity index (χ0v) is 23.7. The number of fused-ring (bicyclic) bond motifs is 5. The Morgan fingerprint density at radius 1 is 0.941 bits per heavy atom. The van der Waals surface area contributed by atoms with E-state index in [4.69, 9.17) is 4.74 Å². The number of hydrogen-bond donors (Lipinski definition) is 2.